The van der Waals surface area contributed by atoms with E-state index >= 15 is 0 Å². The van der Waals surface area contributed by atoms with Crippen LogP contribution in [0.5, 0.6) is 0 Å². The van der Waals surface area contributed by atoms with E-state index < -0.39 is 45.2 Å². The summed E-state index contributed by atoms with van der Waals surface area (Å²) in [6.07, 6.45) is 0.167. The number of aliphatic carboxylic acids is 1. The van der Waals surface area contributed by atoms with Crippen molar-refractivity contribution in [1.82, 2.24) is 21.3 Å². The Morgan fingerprint density at radius 2 is 1.53 bits per heavy atom. The van der Waals surface area contributed by atoms with Crippen molar-refractivity contribution in [2.75, 3.05) is 6.54 Å². The van der Waals surface area contributed by atoms with Crippen molar-refractivity contribution in [2.24, 2.45) is 0 Å². The highest BCUT2D eigenvalue weighted by Crippen LogP contribution is 2.33. The lowest BCUT2D eigenvalue weighted by Gasteiger charge is -2.32. The molecule has 3 atom stereocenters. The van der Waals surface area contributed by atoms with E-state index in [1.807, 2.05) is 30.3 Å². The maximum Gasteiger partial charge on any atom is 0.328 e. The van der Waals surface area contributed by atoms with Crippen LogP contribution in [0.3, 0.4) is 0 Å². The second-order valence-electron chi connectivity index (χ2n) is 8.81. The Hall–Kier alpha value is -4.22. The van der Waals surface area contributed by atoms with Crippen LogP contribution >= 0.6 is 0 Å². The molecule has 4 rings (SSSR count). The lowest BCUT2D eigenvalue weighted by molar-refractivity contribution is -0.142. The van der Waals surface area contributed by atoms with Crippen LogP contribution in [0.25, 0.3) is 0 Å². The summed E-state index contributed by atoms with van der Waals surface area (Å²) < 4.78 is 26.9. The molecule has 1 heterocycles. The van der Waals surface area contributed by atoms with Crippen molar-refractivity contribution in [2.45, 2.75) is 35.3 Å². The topological polar surface area (TPSA) is 154 Å². The molecule has 3 aromatic carbocycles. The number of hydrogen-bond acceptors (Lipinski definition) is 6. The lowest BCUT2D eigenvalue weighted by atomic mass is 9.95. The molecule has 1 aliphatic rings. The predicted molar refractivity (Wildman–Crippen MR) is 140 cm³/mol. The Morgan fingerprint density at radius 3 is 2.21 bits per heavy atom. The molecule has 0 aliphatic carbocycles. The first-order valence-electron chi connectivity index (χ1n) is 12.0. The van der Waals surface area contributed by atoms with Crippen molar-refractivity contribution in [3.8, 4) is 0 Å². The summed E-state index contributed by atoms with van der Waals surface area (Å²) in [6, 6.07) is 21.0. The van der Waals surface area contributed by atoms with Gasteiger partial charge in [0.2, 0.25) is 5.91 Å². The summed E-state index contributed by atoms with van der Waals surface area (Å²) in [5.41, 5.74) is 2.07. The molecule has 198 valence electrons. The van der Waals surface area contributed by atoms with E-state index in [1.54, 1.807) is 42.5 Å². The predicted octanol–water partition coefficient (Wildman–Crippen LogP) is 1.74. The van der Waals surface area contributed by atoms with Crippen molar-refractivity contribution in [3.05, 3.63) is 102 Å². The van der Waals surface area contributed by atoms with Crippen LogP contribution in [0.1, 0.15) is 22.1 Å². The van der Waals surface area contributed by atoms with E-state index in [4.69, 9.17) is 0 Å². The fraction of sp³-hybridized carbons (Fsp3) is 0.222. The highest BCUT2D eigenvalue weighted by Gasteiger charge is 2.39. The third-order valence-electron chi connectivity index (χ3n) is 6.19. The largest absolute Gasteiger partial charge is 0.480 e. The SMILES string of the molecule is O=C(NCc1ccccc1)NCC(NC(=O)C1Cc2ccccc2C(S(=O)(=O)c2ccccc2)N1)C(=O)O. The molecule has 0 saturated carbocycles. The van der Waals surface area contributed by atoms with Gasteiger partial charge in [0.15, 0.2) is 9.84 Å². The Morgan fingerprint density at radius 1 is 0.895 bits per heavy atom. The number of sulfone groups is 1. The molecule has 11 heteroatoms. The summed E-state index contributed by atoms with van der Waals surface area (Å²) in [5, 5.41) is 18.8. The van der Waals surface area contributed by atoms with Gasteiger partial charge in [-0.3, -0.25) is 10.1 Å². The zero-order chi connectivity index (χ0) is 27.1. The summed E-state index contributed by atoms with van der Waals surface area (Å²) in [6.45, 7) is -0.115. The van der Waals surface area contributed by atoms with Gasteiger partial charge in [0.1, 0.15) is 11.4 Å². The van der Waals surface area contributed by atoms with Crippen LogP contribution in [0.15, 0.2) is 89.8 Å². The van der Waals surface area contributed by atoms with Crippen LogP contribution in [0.2, 0.25) is 0 Å². The molecule has 0 radical (unpaired) electrons. The van der Waals surface area contributed by atoms with Crippen molar-refractivity contribution < 1.29 is 27.9 Å². The normalized spacial score (nSPS) is 17.5. The van der Waals surface area contributed by atoms with Crippen molar-refractivity contribution in [1.29, 1.82) is 0 Å². The third kappa shape index (κ3) is 6.36. The van der Waals surface area contributed by atoms with Gasteiger partial charge >= 0.3 is 12.0 Å². The van der Waals surface area contributed by atoms with Crippen LogP contribution in [0.4, 0.5) is 4.79 Å². The molecule has 0 bridgehead atoms. The Bertz CT molecular complexity index is 1400. The third-order valence-corrected chi connectivity index (χ3v) is 8.13. The number of carboxylic acid groups (broad SMARTS) is 1. The highest BCUT2D eigenvalue weighted by molar-refractivity contribution is 7.91. The molecule has 0 aromatic heterocycles. The summed E-state index contributed by atoms with van der Waals surface area (Å²) >= 11 is 0. The standard InChI is InChI=1S/C27H28N4O6S/c32-24(30-23(26(33)34)17-29-27(35)28-16-18-9-3-1-4-10-18)22-15-19-11-7-8-14-21(19)25(31-22)38(36,37)20-12-5-2-6-13-20/h1-14,22-23,25,31H,15-17H2,(H,30,32)(H,33,34)(H2,28,29,35). The average molecular weight is 537 g/mol. The molecule has 0 saturated heterocycles. The number of rotatable bonds is 9. The maximum atomic E-state index is 13.4. The van der Waals surface area contributed by atoms with Gasteiger partial charge in [0.05, 0.1) is 17.5 Å². The molecule has 3 unspecified atom stereocenters. The van der Waals surface area contributed by atoms with Gasteiger partial charge in [-0.1, -0.05) is 72.8 Å². The first-order valence-corrected chi connectivity index (χ1v) is 13.5. The van der Waals surface area contributed by atoms with Crippen LogP contribution in [-0.4, -0.2) is 50.1 Å². The van der Waals surface area contributed by atoms with Gasteiger partial charge in [-0.15, -0.1) is 0 Å². The first kappa shape index (κ1) is 26.8. The van der Waals surface area contributed by atoms with Crippen LogP contribution < -0.4 is 21.3 Å². The number of carboxylic acids is 1. The minimum atomic E-state index is -3.91. The minimum Gasteiger partial charge on any atom is -0.480 e. The van der Waals surface area contributed by atoms with Gasteiger partial charge in [-0.05, 0) is 35.2 Å². The zero-order valence-corrected chi connectivity index (χ0v) is 21.1. The number of benzene rings is 3. The van der Waals surface area contributed by atoms with Crippen molar-refractivity contribution in [3.63, 3.8) is 0 Å². The Labute approximate surface area is 220 Å². The quantitative estimate of drug-likeness (QED) is 0.279. The number of amides is 3. The number of hydrogen-bond donors (Lipinski definition) is 5. The fourth-order valence-electron chi connectivity index (χ4n) is 4.21. The molecule has 5 N–H and O–H groups in total. The van der Waals surface area contributed by atoms with E-state index in [2.05, 4.69) is 21.3 Å². The second kappa shape index (κ2) is 11.9. The molecule has 1 aliphatic heterocycles. The number of fused-ring (bicyclic) bond motifs is 1. The lowest BCUT2D eigenvalue weighted by Crippen LogP contribution is -2.57. The molecule has 10 nitrogen and oxygen atoms in total. The van der Waals surface area contributed by atoms with Gasteiger partial charge in [-0.2, -0.15) is 0 Å². The molecule has 3 amide bonds. The molecule has 0 fully saturated rings. The molecule has 3 aromatic rings. The Balaban J connectivity index is 1.43. The summed E-state index contributed by atoms with van der Waals surface area (Å²) in [7, 11) is -3.91. The average Bonchev–Trinajstić information content (AvgIpc) is 2.94. The summed E-state index contributed by atoms with van der Waals surface area (Å²) in [4.78, 5) is 37.2. The monoisotopic (exact) mass is 536 g/mol. The Kier molecular flexibility index (Phi) is 8.39. The van der Waals surface area contributed by atoms with E-state index in [0.717, 1.165) is 5.56 Å². The molecular formula is C27H28N4O6S. The van der Waals surface area contributed by atoms with Gasteiger partial charge < -0.3 is 21.1 Å². The number of carbonyl (C=O) groups is 3. The van der Waals surface area contributed by atoms with Crippen molar-refractivity contribution >= 4 is 27.7 Å². The van der Waals surface area contributed by atoms with E-state index in [-0.39, 0.29) is 24.4 Å². The fourth-order valence-corrected chi connectivity index (χ4v) is 5.92. The number of urea groups is 1. The van der Waals surface area contributed by atoms with E-state index in [1.165, 1.54) is 12.1 Å². The summed E-state index contributed by atoms with van der Waals surface area (Å²) in [5.74, 6) is -2.03. The van der Waals surface area contributed by atoms with Gasteiger partial charge in [-0.25, -0.2) is 18.0 Å². The first-order chi connectivity index (χ1) is 18.3. The molecule has 38 heavy (non-hydrogen) atoms. The van der Waals surface area contributed by atoms with Crippen LogP contribution in [0, 0.1) is 0 Å². The van der Waals surface area contributed by atoms with Crippen LogP contribution in [-0.2, 0) is 32.4 Å². The smallest absolute Gasteiger partial charge is 0.328 e. The van der Waals surface area contributed by atoms with E-state index in [0.29, 0.717) is 11.1 Å². The zero-order valence-electron chi connectivity index (χ0n) is 20.3. The molecular weight excluding hydrogens is 508 g/mol. The minimum absolute atomic E-state index is 0.0995. The number of carbonyl (C=O) groups excluding carboxylic acids is 2. The maximum absolute atomic E-state index is 13.4. The number of nitrogens with one attached hydrogen (secondary N) is 4. The van der Waals surface area contributed by atoms with Gasteiger partial charge in [0.25, 0.3) is 0 Å². The highest BCUT2D eigenvalue weighted by atomic mass is 32.2. The second-order valence-corrected chi connectivity index (χ2v) is 10.8. The van der Waals surface area contributed by atoms with Gasteiger partial charge in [0, 0.05) is 6.54 Å². The van der Waals surface area contributed by atoms with E-state index in [9.17, 15) is 27.9 Å². The molecule has 0 spiro atoms.